The number of hydrogen-bond donors (Lipinski definition) is 1. The lowest BCUT2D eigenvalue weighted by Gasteiger charge is -2.29. The molecule has 0 saturated carbocycles. The Kier molecular flexibility index (Phi) is 2.64. The minimum atomic E-state index is -1.02. The van der Waals surface area contributed by atoms with E-state index in [0.717, 1.165) is 0 Å². The van der Waals surface area contributed by atoms with Crippen LogP contribution in [0.4, 0.5) is 5.69 Å². The summed E-state index contributed by atoms with van der Waals surface area (Å²) < 4.78 is 5.36. The zero-order chi connectivity index (χ0) is 11.5. The van der Waals surface area contributed by atoms with Gasteiger partial charge in [0.15, 0.2) is 5.75 Å². The van der Waals surface area contributed by atoms with Gasteiger partial charge in [-0.15, -0.1) is 0 Å². The van der Waals surface area contributed by atoms with Gasteiger partial charge in [0.25, 0.3) is 0 Å². The third-order valence-electron chi connectivity index (χ3n) is 2.43. The number of nitriles is 1. The zero-order valence-electron chi connectivity index (χ0n) is 8.51. The largest absolute Gasteiger partial charge is 0.489 e. The first kappa shape index (κ1) is 10.3. The summed E-state index contributed by atoms with van der Waals surface area (Å²) in [4.78, 5) is 12.8. The van der Waals surface area contributed by atoms with E-state index in [4.69, 9.17) is 15.1 Å². The van der Waals surface area contributed by atoms with Gasteiger partial charge in [-0.3, -0.25) is 0 Å². The number of carboxylic acids is 1. The molecule has 0 saturated heterocycles. The molecule has 0 bridgehead atoms. The van der Waals surface area contributed by atoms with Crippen LogP contribution in [0.2, 0.25) is 0 Å². The van der Waals surface area contributed by atoms with E-state index >= 15 is 0 Å². The van der Waals surface area contributed by atoms with E-state index in [9.17, 15) is 4.79 Å². The molecule has 1 aliphatic heterocycles. The molecule has 1 aromatic carbocycles. The van der Waals surface area contributed by atoms with Crippen LogP contribution < -0.4 is 9.64 Å². The van der Waals surface area contributed by atoms with Crippen molar-refractivity contribution in [1.29, 1.82) is 5.26 Å². The summed E-state index contributed by atoms with van der Waals surface area (Å²) in [5.41, 5.74) is 0.813. The first-order valence-electron chi connectivity index (χ1n) is 4.85. The van der Waals surface area contributed by atoms with Gasteiger partial charge in [0, 0.05) is 0 Å². The predicted molar refractivity (Wildman–Crippen MR) is 56.7 cm³/mol. The quantitative estimate of drug-likeness (QED) is 0.752. The number of carbonyl (C=O) groups is 1. The average molecular weight is 218 g/mol. The number of hydrogen-bond acceptors (Lipinski definition) is 4. The van der Waals surface area contributed by atoms with Crippen molar-refractivity contribution in [3.05, 3.63) is 23.8 Å². The third-order valence-corrected chi connectivity index (χ3v) is 2.43. The van der Waals surface area contributed by atoms with Crippen LogP contribution in [0.5, 0.6) is 5.75 Å². The zero-order valence-corrected chi connectivity index (χ0v) is 8.51. The summed E-state index contributed by atoms with van der Waals surface area (Å²) in [6.07, 6.45) is 0. The molecule has 0 aliphatic carbocycles. The molecule has 0 fully saturated rings. The molecule has 5 heteroatoms. The fourth-order valence-electron chi connectivity index (χ4n) is 1.72. The minimum absolute atomic E-state index is 0.139. The highest BCUT2D eigenvalue weighted by Gasteiger charge is 2.23. The second-order valence-electron chi connectivity index (χ2n) is 3.39. The van der Waals surface area contributed by atoms with Crippen molar-refractivity contribution in [3.63, 3.8) is 0 Å². The molecule has 1 aromatic rings. The average Bonchev–Trinajstić information content (AvgIpc) is 2.29. The van der Waals surface area contributed by atoms with Crippen molar-refractivity contribution in [3.8, 4) is 11.8 Å². The number of aromatic carboxylic acids is 1. The predicted octanol–water partition coefficient (Wildman–Crippen LogP) is 1.11. The van der Waals surface area contributed by atoms with Gasteiger partial charge >= 0.3 is 5.97 Å². The van der Waals surface area contributed by atoms with E-state index < -0.39 is 5.97 Å². The van der Waals surface area contributed by atoms with E-state index in [1.165, 1.54) is 6.07 Å². The SMILES string of the molecule is N#CCN1CCOc2c(C(=O)O)cccc21. The van der Waals surface area contributed by atoms with Crippen molar-refractivity contribution in [2.75, 3.05) is 24.6 Å². The number of ether oxygens (including phenoxy) is 1. The van der Waals surface area contributed by atoms with Crippen LogP contribution in [0, 0.1) is 11.3 Å². The molecule has 2 rings (SSSR count). The Morgan fingerprint density at radius 1 is 1.62 bits per heavy atom. The number of fused-ring (bicyclic) bond motifs is 1. The molecule has 1 N–H and O–H groups in total. The Labute approximate surface area is 92.5 Å². The Morgan fingerprint density at radius 2 is 2.44 bits per heavy atom. The molecule has 0 spiro atoms. The van der Waals surface area contributed by atoms with Crippen molar-refractivity contribution in [1.82, 2.24) is 0 Å². The lowest BCUT2D eigenvalue weighted by atomic mass is 10.1. The fraction of sp³-hybridized carbons (Fsp3) is 0.273. The summed E-state index contributed by atoms with van der Waals surface area (Å²) in [5, 5.41) is 17.7. The van der Waals surface area contributed by atoms with Crippen LogP contribution in [0.3, 0.4) is 0 Å². The van der Waals surface area contributed by atoms with Crippen molar-refractivity contribution in [2.45, 2.75) is 0 Å². The van der Waals surface area contributed by atoms with Gasteiger partial charge in [0.1, 0.15) is 18.7 Å². The maximum Gasteiger partial charge on any atom is 0.339 e. The first-order chi connectivity index (χ1) is 7.74. The third kappa shape index (κ3) is 1.65. The van der Waals surface area contributed by atoms with E-state index in [1.54, 1.807) is 12.1 Å². The standard InChI is InChI=1S/C11H10N2O3/c12-4-5-13-6-7-16-10-8(11(14)15)2-1-3-9(10)13/h1-3H,5-7H2,(H,14,15). The molecule has 5 nitrogen and oxygen atoms in total. The molecule has 16 heavy (non-hydrogen) atoms. The van der Waals surface area contributed by atoms with Crippen LogP contribution in [0.1, 0.15) is 10.4 Å². The highest BCUT2D eigenvalue weighted by molar-refractivity contribution is 5.93. The second-order valence-corrected chi connectivity index (χ2v) is 3.39. The highest BCUT2D eigenvalue weighted by atomic mass is 16.5. The smallest absolute Gasteiger partial charge is 0.339 e. The van der Waals surface area contributed by atoms with Gasteiger partial charge in [-0.25, -0.2) is 4.79 Å². The van der Waals surface area contributed by atoms with E-state index in [0.29, 0.717) is 24.6 Å². The van der Waals surface area contributed by atoms with Crippen LogP contribution in [0.25, 0.3) is 0 Å². The molecule has 1 heterocycles. The van der Waals surface area contributed by atoms with Crippen LogP contribution in [-0.2, 0) is 0 Å². The monoisotopic (exact) mass is 218 g/mol. The summed E-state index contributed by atoms with van der Waals surface area (Å²) in [6, 6.07) is 6.96. The molecule has 0 atom stereocenters. The first-order valence-corrected chi connectivity index (χ1v) is 4.85. The lowest BCUT2D eigenvalue weighted by molar-refractivity contribution is 0.0692. The number of para-hydroxylation sites is 1. The molecule has 1 aliphatic rings. The number of anilines is 1. The number of carboxylic acid groups (broad SMARTS) is 1. The Balaban J connectivity index is 2.47. The Morgan fingerprint density at radius 3 is 3.12 bits per heavy atom. The lowest BCUT2D eigenvalue weighted by Crippen LogP contribution is -2.33. The maximum absolute atomic E-state index is 11.0. The number of nitrogens with zero attached hydrogens (tertiary/aromatic N) is 2. The molecular formula is C11H10N2O3. The van der Waals surface area contributed by atoms with Crippen molar-refractivity contribution in [2.24, 2.45) is 0 Å². The van der Waals surface area contributed by atoms with Gasteiger partial charge in [-0.2, -0.15) is 5.26 Å². The molecule has 0 radical (unpaired) electrons. The molecule has 0 amide bonds. The van der Waals surface area contributed by atoms with Crippen molar-refractivity contribution >= 4 is 11.7 Å². The Hall–Kier alpha value is -2.22. The normalized spacial score (nSPS) is 13.6. The number of rotatable bonds is 2. The van der Waals surface area contributed by atoms with Crippen LogP contribution in [-0.4, -0.2) is 30.8 Å². The maximum atomic E-state index is 11.0. The summed E-state index contributed by atoms with van der Waals surface area (Å²) in [5.74, 6) is -0.660. The molecule has 0 aromatic heterocycles. The fourth-order valence-corrected chi connectivity index (χ4v) is 1.72. The summed E-state index contributed by atoms with van der Waals surface area (Å²) >= 11 is 0. The van der Waals surface area contributed by atoms with Crippen molar-refractivity contribution < 1.29 is 14.6 Å². The second kappa shape index (κ2) is 4.11. The van der Waals surface area contributed by atoms with Gasteiger partial charge in [0.2, 0.25) is 0 Å². The van der Waals surface area contributed by atoms with Crippen LogP contribution in [0.15, 0.2) is 18.2 Å². The minimum Gasteiger partial charge on any atom is -0.489 e. The van der Waals surface area contributed by atoms with E-state index in [1.807, 2.05) is 11.0 Å². The van der Waals surface area contributed by atoms with E-state index in [-0.39, 0.29) is 12.1 Å². The molecule has 82 valence electrons. The summed E-state index contributed by atoms with van der Waals surface area (Å²) in [6.45, 7) is 1.24. The van der Waals surface area contributed by atoms with Gasteiger partial charge in [-0.1, -0.05) is 6.07 Å². The molecular weight excluding hydrogens is 208 g/mol. The van der Waals surface area contributed by atoms with Gasteiger partial charge in [-0.05, 0) is 12.1 Å². The summed E-state index contributed by atoms with van der Waals surface area (Å²) in [7, 11) is 0. The van der Waals surface area contributed by atoms with Gasteiger partial charge in [0.05, 0.1) is 18.3 Å². The van der Waals surface area contributed by atoms with Crippen LogP contribution >= 0.6 is 0 Å². The topological polar surface area (TPSA) is 73.6 Å². The van der Waals surface area contributed by atoms with E-state index in [2.05, 4.69) is 0 Å². The molecule has 0 unspecified atom stereocenters. The Bertz CT molecular complexity index is 465. The van der Waals surface area contributed by atoms with Gasteiger partial charge < -0.3 is 14.7 Å². The number of benzene rings is 1. The highest BCUT2D eigenvalue weighted by Crippen LogP contribution is 2.34.